The van der Waals surface area contributed by atoms with Crippen molar-refractivity contribution in [1.82, 2.24) is 20.0 Å². The van der Waals surface area contributed by atoms with E-state index in [0.717, 1.165) is 31.5 Å². The Labute approximate surface area is 164 Å². The minimum atomic E-state index is -0.529. The molecule has 2 aromatic heterocycles. The van der Waals surface area contributed by atoms with E-state index < -0.39 is 5.91 Å². The molecule has 1 fully saturated rings. The fourth-order valence-electron chi connectivity index (χ4n) is 3.95. The first-order valence-corrected chi connectivity index (χ1v) is 9.62. The number of hydroxylamine groups is 1. The van der Waals surface area contributed by atoms with Gasteiger partial charge in [0.25, 0.3) is 5.91 Å². The van der Waals surface area contributed by atoms with Crippen molar-refractivity contribution in [3.05, 3.63) is 77.6 Å². The lowest BCUT2D eigenvalue weighted by atomic mass is 10.0. The number of amides is 1. The number of pyridine rings is 1. The number of nitrogens with zero attached hydrogens (tertiary/aromatic N) is 3. The zero-order valence-corrected chi connectivity index (χ0v) is 15.7. The van der Waals surface area contributed by atoms with E-state index in [0.29, 0.717) is 6.04 Å². The molecular formula is C22H24N4O2. The summed E-state index contributed by atoms with van der Waals surface area (Å²) in [6.07, 6.45) is 10.3. The zero-order chi connectivity index (χ0) is 19.3. The van der Waals surface area contributed by atoms with Crippen LogP contribution in [0.15, 0.2) is 60.9 Å². The highest BCUT2D eigenvalue weighted by atomic mass is 16.5. The Bertz CT molecular complexity index is 978. The Balaban J connectivity index is 1.42. The predicted molar refractivity (Wildman–Crippen MR) is 108 cm³/mol. The molecular weight excluding hydrogens is 352 g/mol. The number of hydrogen-bond acceptors (Lipinski definition) is 4. The Hall–Kier alpha value is -2.96. The lowest BCUT2D eigenvalue weighted by molar-refractivity contribution is -0.124. The number of carbonyl (C=O) groups is 1. The molecule has 6 heteroatoms. The van der Waals surface area contributed by atoms with Crippen LogP contribution in [0.2, 0.25) is 0 Å². The lowest BCUT2D eigenvalue weighted by Crippen LogP contribution is -2.25. The van der Waals surface area contributed by atoms with Gasteiger partial charge in [-0.2, -0.15) is 5.10 Å². The van der Waals surface area contributed by atoms with E-state index in [1.165, 1.54) is 29.1 Å². The minimum Gasteiger partial charge on any atom is -0.296 e. The average Bonchev–Trinajstić information content (AvgIpc) is 3.37. The van der Waals surface area contributed by atoms with Crippen molar-refractivity contribution in [1.29, 1.82) is 0 Å². The van der Waals surface area contributed by atoms with E-state index in [1.807, 2.05) is 35.1 Å². The number of hydrogen-bond donors (Lipinski definition) is 2. The molecule has 1 atom stereocenters. The molecule has 28 heavy (non-hydrogen) atoms. The summed E-state index contributed by atoms with van der Waals surface area (Å²) in [4.78, 5) is 13.6. The summed E-state index contributed by atoms with van der Waals surface area (Å²) in [5.74, 6) is -0.529. The summed E-state index contributed by atoms with van der Waals surface area (Å²) in [5, 5.41) is 13.0. The van der Waals surface area contributed by atoms with Crippen molar-refractivity contribution in [2.24, 2.45) is 0 Å². The van der Waals surface area contributed by atoms with Crippen LogP contribution in [0.5, 0.6) is 0 Å². The van der Waals surface area contributed by atoms with E-state index in [2.05, 4.69) is 34.3 Å². The maximum Gasteiger partial charge on any atom is 0.267 e. The molecule has 1 aliphatic heterocycles. The molecule has 144 valence electrons. The smallest absolute Gasteiger partial charge is 0.267 e. The van der Waals surface area contributed by atoms with E-state index in [1.54, 1.807) is 11.6 Å². The molecule has 1 aliphatic rings. The van der Waals surface area contributed by atoms with E-state index in [4.69, 9.17) is 5.21 Å². The largest absolute Gasteiger partial charge is 0.296 e. The van der Waals surface area contributed by atoms with Crippen molar-refractivity contribution in [3.63, 3.8) is 0 Å². The summed E-state index contributed by atoms with van der Waals surface area (Å²) in [6, 6.07) is 14.9. The van der Waals surface area contributed by atoms with Gasteiger partial charge in [0.05, 0.1) is 11.7 Å². The number of likely N-dealkylation sites (tertiary alicyclic amines) is 1. The number of rotatable bonds is 6. The second-order valence-electron chi connectivity index (χ2n) is 7.12. The predicted octanol–water partition coefficient (Wildman–Crippen LogP) is 3.23. The van der Waals surface area contributed by atoms with Crippen LogP contribution in [-0.4, -0.2) is 38.7 Å². The Kier molecular flexibility index (Phi) is 5.50. The molecule has 0 spiro atoms. The minimum absolute atomic E-state index is 0.431. The van der Waals surface area contributed by atoms with Crippen molar-refractivity contribution < 1.29 is 10.0 Å². The van der Waals surface area contributed by atoms with Gasteiger partial charge in [-0.25, -0.2) is 10.00 Å². The third-order valence-electron chi connectivity index (χ3n) is 5.40. The fraction of sp³-hybridized carbons (Fsp3) is 0.273. The van der Waals surface area contributed by atoms with Gasteiger partial charge in [-0.3, -0.25) is 14.9 Å². The number of fused-ring (bicyclic) bond motifs is 1. The first kappa shape index (κ1) is 18.4. The van der Waals surface area contributed by atoms with Crippen LogP contribution < -0.4 is 5.48 Å². The Morgan fingerprint density at radius 3 is 2.93 bits per heavy atom. The first-order chi connectivity index (χ1) is 13.7. The van der Waals surface area contributed by atoms with Crippen molar-refractivity contribution in [2.75, 3.05) is 13.1 Å². The van der Waals surface area contributed by atoms with Gasteiger partial charge >= 0.3 is 0 Å². The number of aromatic nitrogens is 2. The van der Waals surface area contributed by atoms with Crippen LogP contribution in [0.4, 0.5) is 0 Å². The molecule has 6 nitrogen and oxygen atoms in total. The van der Waals surface area contributed by atoms with Crippen LogP contribution >= 0.6 is 0 Å². The second kappa shape index (κ2) is 8.37. The highest BCUT2D eigenvalue weighted by Crippen LogP contribution is 2.32. The molecule has 3 heterocycles. The molecule has 0 aliphatic carbocycles. The van der Waals surface area contributed by atoms with Gasteiger partial charge in [0, 0.05) is 24.9 Å². The van der Waals surface area contributed by atoms with Crippen LogP contribution in [0.25, 0.3) is 11.6 Å². The summed E-state index contributed by atoms with van der Waals surface area (Å²) in [5.41, 5.74) is 6.30. The van der Waals surface area contributed by atoms with E-state index in [-0.39, 0.29) is 0 Å². The first-order valence-electron chi connectivity index (χ1n) is 9.62. The summed E-state index contributed by atoms with van der Waals surface area (Å²) in [6.45, 7) is 2.13. The SMILES string of the molecule is O=C(C=Cc1ccc(C2CCCN2CCc2cnn3ccccc23)cc1)NO. The standard InChI is InChI=1S/C22H24N4O2/c27-22(24-28)11-8-17-6-9-18(10-7-17)20-5-3-13-25(20)15-12-19-16-23-26-14-2-1-4-21(19)26/h1-2,4,6-11,14,16,20,28H,3,5,12-13,15H2,(H,24,27). The second-order valence-corrected chi connectivity index (χ2v) is 7.12. The topological polar surface area (TPSA) is 69.9 Å². The molecule has 2 N–H and O–H groups in total. The van der Waals surface area contributed by atoms with E-state index >= 15 is 0 Å². The molecule has 1 saturated heterocycles. The van der Waals surface area contributed by atoms with Crippen molar-refractivity contribution >= 4 is 17.5 Å². The van der Waals surface area contributed by atoms with Gasteiger partial charge in [-0.05, 0) is 60.7 Å². The van der Waals surface area contributed by atoms with Crippen molar-refractivity contribution in [3.8, 4) is 0 Å². The maximum absolute atomic E-state index is 11.1. The van der Waals surface area contributed by atoms with Gasteiger partial charge < -0.3 is 0 Å². The number of benzene rings is 1. The lowest BCUT2D eigenvalue weighted by Gasteiger charge is -2.24. The third kappa shape index (κ3) is 3.98. The Morgan fingerprint density at radius 1 is 1.25 bits per heavy atom. The van der Waals surface area contributed by atoms with Gasteiger partial charge in [0.1, 0.15) is 0 Å². The maximum atomic E-state index is 11.1. The molecule has 1 amide bonds. The van der Waals surface area contributed by atoms with E-state index in [9.17, 15) is 4.79 Å². The zero-order valence-electron chi connectivity index (χ0n) is 15.7. The van der Waals surface area contributed by atoms with Gasteiger partial charge in [-0.15, -0.1) is 0 Å². The van der Waals surface area contributed by atoms with Crippen molar-refractivity contribution in [2.45, 2.75) is 25.3 Å². The number of nitrogens with one attached hydrogen (secondary N) is 1. The van der Waals surface area contributed by atoms with Crippen LogP contribution in [0, 0.1) is 0 Å². The normalized spacial score (nSPS) is 17.5. The molecule has 1 unspecified atom stereocenters. The monoisotopic (exact) mass is 376 g/mol. The molecule has 0 bridgehead atoms. The molecule has 3 aromatic rings. The fourth-order valence-corrected chi connectivity index (χ4v) is 3.95. The summed E-state index contributed by atoms with van der Waals surface area (Å²) in [7, 11) is 0. The summed E-state index contributed by atoms with van der Waals surface area (Å²) < 4.78 is 1.93. The summed E-state index contributed by atoms with van der Waals surface area (Å²) >= 11 is 0. The Morgan fingerprint density at radius 2 is 2.11 bits per heavy atom. The van der Waals surface area contributed by atoms with Crippen LogP contribution in [0.1, 0.15) is 35.6 Å². The third-order valence-corrected chi connectivity index (χ3v) is 5.40. The van der Waals surface area contributed by atoms with Crippen LogP contribution in [-0.2, 0) is 11.2 Å². The highest BCUT2D eigenvalue weighted by molar-refractivity contribution is 5.90. The van der Waals surface area contributed by atoms with Gasteiger partial charge in [-0.1, -0.05) is 30.3 Å². The van der Waals surface area contributed by atoms with Gasteiger partial charge in [0.15, 0.2) is 0 Å². The van der Waals surface area contributed by atoms with Gasteiger partial charge in [0.2, 0.25) is 0 Å². The number of carbonyl (C=O) groups excluding carboxylic acids is 1. The quantitative estimate of drug-likeness (QED) is 0.394. The molecule has 0 saturated carbocycles. The molecule has 1 aromatic carbocycles. The average molecular weight is 376 g/mol. The molecule has 0 radical (unpaired) electrons. The molecule has 4 rings (SSSR count). The van der Waals surface area contributed by atoms with Crippen LogP contribution in [0.3, 0.4) is 0 Å². The highest BCUT2D eigenvalue weighted by Gasteiger charge is 2.25.